The molecule has 0 saturated carbocycles. The predicted molar refractivity (Wildman–Crippen MR) is 114 cm³/mol. The van der Waals surface area contributed by atoms with Crippen LogP contribution in [0.5, 0.6) is 17.2 Å². The number of nitrogens with zero attached hydrogens (tertiary/aromatic N) is 1. The van der Waals surface area contributed by atoms with Crippen molar-refractivity contribution >= 4 is 16.8 Å². The van der Waals surface area contributed by atoms with Crippen molar-refractivity contribution in [2.75, 3.05) is 41.3 Å². The van der Waals surface area contributed by atoms with E-state index in [2.05, 4.69) is 4.98 Å². The number of aryl methyl sites for hydroxylation is 1. The number of benzene rings is 2. The van der Waals surface area contributed by atoms with Crippen molar-refractivity contribution in [2.45, 2.75) is 19.8 Å². The lowest BCUT2D eigenvalue weighted by Crippen LogP contribution is -2.31. The van der Waals surface area contributed by atoms with Crippen molar-refractivity contribution in [3.63, 3.8) is 0 Å². The number of hydrogen-bond donors (Lipinski definition) is 2. The van der Waals surface area contributed by atoms with E-state index in [9.17, 15) is 0 Å². The van der Waals surface area contributed by atoms with E-state index >= 15 is 0 Å². The summed E-state index contributed by atoms with van der Waals surface area (Å²) in [6, 6.07) is 10.3. The Balaban J connectivity index is 0.000000231. The number of ether oxygens (including phenoxy) is 5. The number of methoxy groups -OCH3 is 5. The largest absolute Gasteiger partial charge is 0.506 e. The molecule has 30 heavy (non-hydrogen) atoms. The summed E-state index contributed by atoms with van der Waals surface area (Å²) in [6.45, 7) is 3.51. The second kappa shape index (κ2) is 11.9. The van der Waals surface area contributed by atoms with E-state index in [4.69, 9.17) is 38.9 Å². The Kier molecular flexibility index (Phi) is 9.90. The van der Waals surface area contributed by atoms with Crippen molar-refractivity contribution in [2.24, 2.45) is 0 Å². The van der Waals surface area contributed by atoms with E-state index in [1.807, 2.05) is 25.1 Å². The maximum Gasteiger partial charge on any atom is 0.279 e. The quantitative estimate of drug-likeness (QED) is 0.360. The molecule has 0 saturated heterocycles. The number of phenols is 1. The van der Waals surface area contributed by atoms with Gasteiger partial charge in [0.2, 0.25) is 0 Å². The summed E-state index contributed by atoms with van der Waals surface area (Å²) >= 11 is 0. The highest BCUT2D eigenvalue weighted by Gasteiger charge is 2.20. The number of anilines is 1. The third-order valence-electron chi connectivity index (χ3n) is 4.05. The first-order valence-corrected chi connectivity index (χ1v) is 8.91. The van der Waals surface area contributed by atoms with Crippen molar-refractivity contribution in [1.82, 2.24) is 4.98 Å². The maximum absolute atomic E-state index is 8.96. The predicted octanol–water partition coefficient (Wildman–Crippen LogP) is 3.73. The minimum absolute atomic E-state index is 0.0841. The number of oxazole rings is 1. The third-order valence-corrected chi connectivity index (χ3v) is 4.05. The van der Waals surface area contributed by atoms with E-state index in [-0.39, 0.29) is 5.75 Å². The number of hydrogen-bond acceptors (Lipinski definition) is 9. The Hall–Kier alpha value is -3.01. The molecule has 0 amide bonds. The number of nitrogen functional groups attached to an aromatic ring is 1. The van der Waals surface area contributed by atoms with Gasteiger partial charge in [-0.25, -0.2) is 4.98 Å². The molecule has 0 bridgehead atoms. The molecule has 0 spiro atoms. The highest BCUT2D eigenvalue weighted by atomic mass is 16.9. The van der Waals surface area contributed by atoms with Gasteiger partial charge in [0.1, 0.15) is 22.8 Å². The minimum atomic E-state index is -0.875. The molecule has 0 aliphatic heterocycles. The van der Waals surface area contributed by atoms with Gasteiger partial charge in [0.05, 0.1) is 19.9 Å². The van der Waals surface area contributed by atoms with Crippen LogP contribution in [0.1, 0.15) is 12.8 Å². The van der Waals surface area contributed by atoms with Gasteiger partial charge in [-0.3, -0.25) is 0 Å². The monoisotopic (exact) mass is 422 g/mol. The van der Waals surface area contributed by atoms with Gasteiger partial charge in [-0.15, -0.1) is 0 Å². The van der Waals surface area contributed by atoms with Gasteiger partial charge < -0.3 is 38.9 Å². The smallest absolute Gasteiger partial charge is 0.279 e. The molecule has 1 aromatic heterocycles. The number of aromatic hydroxyl groups is 1. The molecule has 0 aliphatic rings. The fourth-order valence-corrected chi connectivity index (χ4v) is 2.06. The molecule has 0 aliphatic carbocycles. The fraction of sp³-hybridized carbons (Fsp3) is 0.381. The molecule has 0 fully saturated rings. The average molecular weight is 422 g/mol. The van der Waals surface area contributed by atoms with E-state index in [1.54, 1.807) is 33.3 Å². The zero-order valence-electron chi connectivity index (χ0n) is 18.4. The van der Waals surface area contributed by atoms with Crippen molar-refractivity contribution in [3.8, 4) is 17.2 Å². The van der Waals surface area contributed by atoms with Gasteiger partial charge in [-0.1, -0.05) is 0 Å². The minimum Gasteiger partial charge on any atom is -0.506 e. The van der Waals surface area contributed by atoms with Gasteiger partial charge in [-0.2, -0.15) is 0 Å². The van der Waals surface area contributed by atoms with Crippen molar-refractivity contribution in [3.05, 3.63) is 42.3 Å². The molecule has 3 aromatic rings. The van der Waals surface area contributed by atoms with Crippen LogP contribution in [0, 0.1) is 6.92 Å². The zero-order chi connectivity index (χ0) is 22.7. The molecular formula is C21H30N2O7. The highest BCUT2D eigenvalue weighted by Crippen LogP contribution is 2.24. The van der Waals surface area contributed by atoms with Gasteiger partial charge >= 0.3 is 0 Å². The van der Waals surface area contributed by atoms with Crippen LogP contribution in [-0.4, -0.2) is 51.6 Å². The lowest BCUT2D eigenvalue weighted by Gasteiger charge is -2.23. The molecule has 3 N–H and O–H groups in total. The zero-order valence-corrected chi connectivity index (χ0v) is 18.4. The fourth-order valence-electron chi connectivity index (χ4n) is 2.06. The van der Waals surface area contributed by atoms with E-state index in [0.717, 1.165) is 16.8 Å². The second-order valence-electron chi connectivity index (χ2n) is 5.97. The van der Waals surface area contributed by atoms with Crippen LogP contribution < -0.4 is 15.2 Å². The van der Waals surface area contributed by atoms with Crippen LogP contribution in [0.2, 0.25) is 0 Å². The highest BCUT2D eigenvalue weighted by molar-refractivity contribution is 5.74. The molecule has 1 heterocycles. The second-order valence-corrected chi connectivity index (χ2v) is 5.97. The summed E-state index contributed by atoms with van der Waals surface area (Å²) in [5, 5.41) is 8.96. The molecule has 0 atom stereocenters. The molecular weight excluding hydrogens is 392 g/mol. The summed E-state index contributed by atoms with van der Waals surface area (Å²) in [7, 11) is 7.74. The first kappa shape index (κ1) is 25.0. The van der Waals surface area contributed by atoms with Crippen molar-refractivity contribution < 1.29 is 33.2 Å². The number of nitrogens with two attached hydrogens (primary N) is 1. The average Bonchev–Trinajstić information content (AvgIpc) is 3.15. The summed E-state index contributed by atoms with van der Waals surface area (Å²) in [4.78, 5) is 4.18. The lowest BCUT2D eigenvalue weighted by molar-refractivity contribution is -0.340. The number of phenolic OH excluding ortho intramolecular Hbond substituents is 1. The Morgan fingerprint density at radius 2 is 1.43 bits per heavy atom. The molecule has 9 nitrogen and oxygen atoms in total. The van der Waals surface area contributed by atoms with Crippen molar-refractivity contribution in [1.29, 1.82) is 0 Å². The Morgan fingerprint density at radius 1 is 0.900 bits per heavy atom. The van der Waals surface area contributed by atoms with Crippen LogP contribution in [0.3, 0.4) is 0 Å². The van der Waals surface area contributed by atoms with Gasteiger partial charge in [0.25, 0.3) is 5.97 Å². The van der Waals surface area contributed by atoms with Crippen LogP contribution in [0.25, 0.3) is 11.1 Å². The molecule has 2 aromatic carbocycles. The molecule has 9 heteroatoms. The van der Waals surface area contributed by atoms with Crippen LogP contribution in [0.4, 0.5) is 5.69 Å². The number of aromatic nitrogens is 1. The van der Waals surface area contributed by atoms with Gasteiger partial charge in [0.15, 0.2) is 11.5 Å². The van der Waals surface area contributed by atoms with Crippen LogP contribution in [0.15, 0.2) is 40.8 Å². The summed E-state index contributed by atoms with van der Waals surface area (Å²) in [5.74, 6) is 1.34. The van der Waals surface area contributed by atoms with E-state index in [0.29, 0.717) is 17.3 Å². The van der Waals surface area contributed by atoms with Gasteiger partial charge in [0, 0.05) is 47.3 Å². The van der Waals surface area contributed by atoms with Crippen LogP contribution in [-0.2, 0) is 14.2 Å². The Labute approximate surface area is 176 Å². The molecule has 3 rings (SSSR count). The Bertz CT molecular complexity index is 899. The molecule has 0 radical (unpaired) electrons. The first-order valence-electron chi connectivity index (χ1n) is 8.91. The number of rotatable bonds is 5. The first-order chi connectivity index (χ1) is 14.2. The summed E-state index contributed by atoms with van der Waals surface area (Å²) < 4.78 is 29.6. The summed E-state index contributed by atoms with van der Waals surface area (Å²) in [5.41, 5.74) is 7.34. The summed E-state index contributed by atoms with van der Waals surface area (Å²) in [6.07, 6.45) is 0. The normalized spacial score (nSPS) is 10.5. The number of fused-ring (bicyclic) bond motifs is 1. The SMILES string of the molecule is COC(C)(OC)OC.COc1ccc(O)c(N)c1.COc1ccc2oc(C)nc2c1. The Morgan fingerprint density at radius 3 is 1.90 bits per heavy atom. The third kappa shape index (κ3) is 7.43. The standard InChI is InChI=1S/C9H9NO2.C7H9NO2.C5H12O3/c1-6-10-8-5-7(11-2)3-4-9(8)12-6;1-10-5-2-3-7(9)6(8)4-5;1-5(6-2,7-3)8-4/h3-5H,1-2H3;2-4,9H,8H2,1H3;1-4H3. The van der Waals surface area contributed by atoms with E-state index in [1.165, 1.54) is 27.4 Å². The van der Waals surface area contributed by atoms with E-state index < -0.39 is 5.97 Å². The lowest BCUT2D eigenvalue weighted by atomic mass is 10.3. The maximum atomic E-state index is 8.96. The van der Waals surface area contributed by atoms with Gasteiger partial charge in [-0.05, 0) is 24.3 Å². The molecule has 0 unspecified atom stereocenters. The topological polar surface area (TPSA) is 118 Å². The van der Waals surface area contributed by atoms with Crippen LogP contribution >= 0.6 is 0 Å². The molecule has 166 valence electrons.